The van der Waals surface area contributed by atoms with Crippen LogP contribution in [0.1, 0.15) is 32.6 Å². The van der Waals surface area contributed by atoms with Gasteiger partial charge < -0.3 is 5.11 Å². The lowest BCUT2D eigenvalue weighted by atomic mass is 10.2. The van der Waals surface area contributed by atoms with E-state index in [4.69, 9.17) is 5.11 Å². The zero-order valence-electron chi connectivity index (χ0n) is 8.83. The van der Waals surface area contributed by atoms with Crippen molar-refractivity contribution in [2.75, 3.05) is 13.1 Å². The Morgan fingerprint density at radius 1 is 1.43 bits per heavy atom. The van der Waals surface area contributed by atoms with E-state index in [1.807, 2.05) is 11.8 Å². The van der Waals surface area contributed by atoms with Gasteiger partial charge in [0, 0.05) is 12.6 Å². The zero-order chi connectivity index (χ0) is 10.6. The molecule has 0 heterocycles. The first-order valence-electron chi connectivity index (χ1n) is 5.20. The standard InChI is InChI=1S/C11H19NO2/c1-9(2)7-12(8-11(13)14)10-5-3-4-6-10/h10H,1,3-8H2,2H3,(H,13,14). The average molecular weight is 197 g/mol. The van der Waals surface area contributed by atoms with Gasteiger partial charge in [0.1, 0.15) is 0 Å². The van der Waals surface area contributed by atoms with Gasteiger partial charge in [0.2, 0.25) is 0 Å². The van der Waals surface area contributed by atoms with Crippen LogP contribution in [-0.4, -0.2) is 35.1 Å². The quantitative estimate of drug-likeness (QED) is 0.684. The fourth-order valence-electron chi connectivity index (χ4n) is 2.10. The fraction of sp³-hybridized carbons (Fsp3) is 0.727. The molecular formula is C11H19NO2. The van der Waals surface area contributed by atoms with E-state index in [0.29, 0.717) is 6.04 Å². The molecule has 3 heteroatoms. The van der Waals surface area contributed by atoms with Gasteiger partial charge in [-0.05, 0) is 19.8 Å². The van der Waals surface area contributed by atoms with E-state index >= 15 is 0 Å². The predicted molar refractivity (Wildman–Crippen MR) is 56.3 cm³/mol. The Balaban J connectivity index is 2.50. The third-order valence-corrected chi connectivity index (χ3v) is 2.65. The summed E-state index contributed by atoms with van der Waals surface area (Å²) in [4.78, 5) is 12.7. The van der Waals surface area contributed by atoms with E-state index < -0.39 is 5.97 Å². The molecule has 1 aliphatic carbocycles. The average Bonchev–Trinajstić information content (AvgIpc) is 2.52. The van der Waals surface area contributed by atoms with Gasteiger partial charge in [0.25, 0.3) is 0 Å². The molecule has 0 unspecified atom stereocenters. The topological polar surface area (TPSA) is 40.5 Å². The number of aliphatic carboxylic acids is 1. The van der Waals surface area contributed by atoms with Crippen molar-refractivity contribution in [1.82, 2.24) is 4.90 Å². The third kappa shape index (κ3) is 3.50. The number of nitrogens with zero attached hydrogens (tertiary/aromatic N) is 1. The van der Waals surface area contributed by atoms with Crippen LogP contribution >= 0.6 is 0 Å². The molecular weight excluding hydrogens is 178 g/mol. The smallest absolute Gasteiger partial charge is 0.317 e. The summed E-state index contributed by atoms with van der Waals surface area (Å²) in [5, 5.41) is 8.79. The van der Waals surface area contributed by atoms with Crippen molar-refractivity contribution in [3.05, 3.63) is 12.2 Å². The van der Waals surface area contributed by atoms with Crippen molar-refractivity contribution in [3.63, 3.8) is 0 Å². The minimum absolute atomic E-state index is 0.150. The first kappa shape index (κ1) is 11.2. The largest absolute Gasteiger partial charge is 0.480 e. The van der Waals surface area contributed by atoms with Crippen LogP contribution in [0.4, 0.5) is 0 Å². The Kier molecular flexibility index (Phi) is 4.14. The monoisotopic (exact) mass is 197 g/mol. The van der Waals surface area contributed by atoms with E-state index in [2.05, 4.69) is 6.58 Å². The molecule has 0 amide bonds. The fourth-order valence-corrected chi connectivity index (χ4v) is 2.10. The van der Waals surface area contributed by atoms with Crippen LogP contribution in [-0.2, 0) is 4.79 Å². The molecule has 1 rings (SSSR count). The van der Waals surface area contributed by atoms with Crippen molar-refractivity contribution < 1.29 is 9.90 Å². The number of carbonyl (C=O) groups is 1. The highest BCUT2D eigenvalue weighted by Crippen LogP contribution is 2.23. The van der Waals surface area contributed by atoms with E-state index in [1.165, 1.54) is 12.8 Å². The third-order valence-electron chi connectivity index (χ3n) is 2.65. The predicted octanol–water partition coefficient (Wildman–Crippen LogP) is 1.89. The summed E-state index contributed by atoms with van der Waals surface area (Å²) in [5.41, 5.74) is 1.04. The van der Waals surface area contributed by atoms with Crippen LogP contribution in [0.3, 0.4) is 0 Å². The minimum Gasteiger partial charge on any atom is -0.480 e. The van der Waals surface area contributed by atoms with Gasteiger partial charge in [0.05, 0.1) is 6.54 Å². The maximum atomic E-state index is 10.7. The Morgan fingerprint density at radius 2 is 2.00 bits per heavy atom. The molecule has 1 fully saturated rings. The molecule has 0 saturated heterocycles. The lowest BCUT2D eigenvalue weighted by Gasteiger charge is -2.27. The number of carboxylic acids is 1. The van der Waals surface area contributed by atoms with Gasteiger partial charge >= 0.3 is 5.97 Å². The van der Waals surface area contributed by atoms with Crippen LogP contribution in [0.2, 0.25) is 0 Å². The van der Waals surface area contributed by atoms with Crippen molar-refractivity contribution in [1.29, 1.82) is 0 Å². The lowest BCUT2D eigenvalue weighted by molar-refractivity contribution is -0.138. The summed E-state index contributed by atoms with van der Waals surface area (Å²) in [7, 11) is 0. The van der Waals surface area contributed by atoms with Crippen molar-refractivity contribution in [2.24, 2.45) is 0 Å². The molecule has 80 valence electrons. The van der Waals surface area contributed by atoms with Gasteiger partial charge in [-0.25, -0.2) is 0 Å². The number of hydrogen-bond acceptors (Lipinski definition) is 2. The van der Waals surface area contributed by atoms with Crippen molar-refractivity contribution >= 4 is 5.97 Å². The maximum absolute atomic E-state index is 10.7. The van der Waals surface area contributed by atoms with E-state index in [1.54, 1.807) is 0 Å². The number of rotatable bonds is 5. The van der Waals surface area contributed by atoms with E-state index in [-0.39, 0.29) is 6.54 Å². The molecule has 0 aromatic heterocycles. The molecule has 0 radical (unpaired) electrons. The molecule has 14 heavy (non-hydrogen) atoms. The molecule has 0 spiro atoms. The highest BCUT2D eigenvalue weighted by Gasteiger charge is 2.23. The first-order valence-corrected chi connectivity index (χ1v) is 5.20. The van der Waals surface area contributed by atoms with Crippen molar-refractivity contribution in [3.8, 4) is 0 Å². The SMILES string of the molecule is C=C(C)CN(CC(=O)O)C1CCCC1. The maximum Gasteiger partial charge on any atom is 0.317 e. The molecule has 0 aromatic rings. The van der Waals surface area contributed by atoms with E-state index in [0.717, 1.165) is 25.0 Å². The normalized spacial score (nSPS) is 17.6. The van der Waals surface area contributed by atoms with Gasteiger partial charge in [-0.15, -0.1) is 0 Å². The minimum atomic E-state index is -0.738. The lowest BCUT2D eigenvalue weighted by Crippen LogP contribution is -2.38. The van der Waals surface area contributed by atoms with Gasteiger partial charge in [0.15, 0.2) is 0 Å². The number of carboxylic acid groups (broad SMARTS) is 1. The molecule has 0 aliphatic heterocycles. The van der Waals surface area contributed by atoms with Crippen molar-refractivity contribution in [2.45, 2.75) is 38.6 Å². The van der Waals surface area contributed by atoms with Crippen LogP contribution in [0.5, 0.6) is 0 Å². The molecule has 3 nitrogen and oxygen atoms in total. The Hall–Kier alpha value is -0.830. The molecule has 1 N–H and O–H groups in total. The second-order valence-electron chi connectivity index (χ2n) is 4.19. The Bertz CT molecular complexity index is 203. The molecule has 1 aliphatic rings. The summed E-state index contributed by atoms with van der Waals surface area (Å²) in [6.07, 6.45) is 4.75. The second-order valence-corrected chi connectivity index (χ2v) is 4.19. The van der Waals surface area contributed by atoms with Crippen LogP contribution in [0.15, 0.2) is 12.2 Å². The summed E-state index contributed by atoms with van der Waals surface area (Å²) in [6, 6.07) is 0.461. The molecule has 0 aromatic carbocycles. The summed E-state index contributed by atoms with van der Waals surface area (Å²) < 4.78 is 0. The van der Waals surface area contributed by atoms with Gasteiger partial charge in [-0.2, -0.15) is 0 Å². The van der Waals surface area contributed by atoms with Crippen LogP contribution in [0.25, 0.3) is 0 Å². The van der Waals surface area contributed by atoms with Crippen LogP contribution < -0.4 is 0 Å². The summed E-state index contributed by atoms with van der Waals surface area (Å²) in [5.74, 6) is -0.738. The molecule has 0 atom stereocenters. The summed E-state index contributed by atoms with van der Waals surface area (Å²) in [6.45, 7) is 6.66. The Labute approximate surface area is 85.4 Å². The van der Waals surface area contributed by atoms with Crippen LogP contribution in [0, 0.1) is 0 Å². The van der Waals surface area contributed by atoms with Gasteiger partial charge in [-0.3, -0.25) is 9.69 Å². The second kappa shape index (κ2) is 5.15. The Morgan fingerprint density at radius 3 is 2.43 bits per heavy atom. The highest BCUT2D eigenvalue weighted by molar-refractivity contribution is 5.69. The molecule has 0 bridgehead atoms. The van der Waals surface area contributed by atoms with E-state index in [9.17, 15) is 4.79 Å². The highest BCUT2D eigenvalue weighted by atomic mass is 16.4. The van der Waals surface area contributed by atoms with Gasteiger partial charge in [-0.1, -0.05) is 25.0 Å². The molecule has 1 saturated carbocycles. The number of hydrogen-bond donors (Lipinski definition) is 1. The first-order chi connectivity index (χ1) is 6.59. The zero-order valence-corrected chi connectivity index (χ0v) is 8.83. The summed E-state index contributed by atoms with van der Waals surface area (Å²) >= 11 is 0.